The molecule has 0 spiro atoms. The molecular weight excluding hydrogens is 412 g/mol. The van der Waals surface area contributed by atoms with E-state index in [0.717, 1.165) is 29.4 Å². The zero-order valence-corrected chi connectivity index (χ0v) is 18.6. The number of nitrogens with zero attached hydrogens (tertiary/aromatic N) is 3. The van der Waals surface area contributed by atoms with Crippen LogP contribution in [0.15, 0.2) is 60.9 Å². The first-order valence-electron chi connectivity index (χ1n) is 10.0. The Balaban J connectivity index is 1.86. The largest absolute Gasteiger partial charge is 0.497 e. The summed E-state index contributed by atoms with van der Waals surface area (Å²) in [7, 11) is 5.01. The minimum Gasteiger partial charge on any atom is -0.497 e. The molecule has 0 amide bonds. The molecule has 31 heavy (non-hydrogen) atoms. The summed E-state index contributed by atoms with van der Waals surface area (Å²) in [6.45, 7) is 1.35. The zero-order chi connectivity index (χ0) is 21.8. The van der Waals surface area contributed by atoms with Crippen molar-refractivity contribution in [2.45, 2.75) is 18.6 Å². The third kappa shape index (κ3) is 4.08. The first-order chi connectivity index (χ1) is 15.2. The Bertz CT molecular complexity index is 1040. The smallest absolute Gasteiger partial charge is 0.174 e. The summed E-state index contributed by atoms with van der Waals surface area (Å²) in [4.78, 5) is 6.70. The zero-order valence-electron chi connectivity index (χ0n) is 17.8. The number of ether oxygens (including phenoxy) is 3. The summed E-state index contributed by atoms with van der Waals surface area (Å²) >= 11 is 5.83. The minimum absolute atomic E-state index is 0.138. The molecule has 0 aliphatic carbocycles. The van der Waals surface area contributed by atoms with Crippen molar-refractivity contribution in [3.63, 3.8) is 0 Å². The molecule has 2 atom stereocenters. The molecule has 0 bridgehead atoms. The van der Waals surface area contributed by atoms with Crippen molar-refractivity contribution >= 4 is 23.0 Å². The first kappa shape index (κ1) is 21.1. The van der Waals surface area contributed by atoms with Crippen molar-refractivity contribution in [1.29, 1.82) is 0 Å². The van der Waals surface area contributed by atoms with Crippen molar-refractivity contribution in [1.82, 2.24) is 14.9 Å². The molecule has 1 N–H and O–H groups in total. The Morgan fingerprint density at radius 3 is 2.65 bits per heavy atom. The van der Waals surface area contributed by atoms with Gasteiger partial charge in [0.05, 0.1) is 38.2 Å². The fraction of sp³-hybridized carbons (Fsp3) is 0.304. The molecular formula is C23H26N4O3S. The van der Waals surface area contributed by atoms with Crippen LogP contribution in [0, 0.1) is 0 Å². The van der Waals surface area contributed by atoms with Gasteiger partial charge in [0.15, 0.2) is 5.11 Å². The molecule has 3 aromatic rings. The van der Waals surface area contributed by atoms with Crippen molar-refractivity contribution in [2.24, 2.45) is 0 Å². The van der Waals surface area contributed by atoms with Crippen LogP contribution in [-0.2, 0) is 11.3 Å². The van der Waals surface area contributed by atoms with E-state index in [1.54, 1.807) is 27.5 Å². The van der Waals surface area contributed by atoms with Gasteiger partial charge in [-0.25, -0.2) is 0 Å². The van der Waals surface area contributed by atoms with Gasteiger partial charge in [0.2, 0.25) is 0 Å². The van der Waals surface area contributed by atoms with Crippen molar-refractivity contribution in [3.8, 4) is 11.5 Å². The second-order valence-electron chi connectivity index (χ2n) is 7.15. The highest BCUT2D eigenvalue weighted by Crippen LogP contribution is 2.45. The highest BCUT2D eigenvalue weighted by Gasteiger charge is 2.43. The topological polar surface area (TPSA) is 60.8 Å². The third-order valence-electron chi connectivity index (χ3n) is 5.45. The lowest BCUT2D eigenvalue weighted by molar-refractivity contribution is 0.186. The number of thiocarbonyl (C=S) groups is 1. The first-order valence-corrected chi connectivity index (χ1v) is 10.5. The van der Waals surface area contributed by atoms with Gasteiger partial charge in [0.25, 0.3) is 0 Å². The van der Waals surface area contributed by atoms with Crippen molar-refractivity contribution < 1.29 is 14.2 Å². The standard InChI is InChI=1S/C23H26N4O3S/c1-28-14-13-26-12-6-8-18(26)22-21(17-7-4-5-11-24-17)25-23(31)27(22)19-15-16(29-2)9-10-20(19)30-3/h4-12,15,21-22H,13-14H2,1-3H3,(H,25,31). The van der Waals surface area contributed by atoms with E-state index in [1.807, 2.05) is 42.5 Å². The number of hydrogen-bond acceptors (Lipinski definition) is 5. The van der Waals surface area contributed by atoms with Gasteiger partial charge in [-0.15, -0.1) is 0 Å². The van der Waals surface area contributed by atoms with Crippen LogP contribution < -0.4 is 19.7 Å². The van der Waals surface area contributed by atoms with E-state index < -0.39 is 0 Å². The second-order valence-corrected chi connectivity index (χ2v) is 7.54. The van der Waals surface area contributed by atoms with E-state index >= 15 is 0 Å². The highest BCUT2D eigenvalue weighted by atomic mass is 32.1. The molecule has 162 valence electrons. The number of benzene rings is 1. The van der Waals surface area contributed by atoms with Crippen LogP contribution in [0.3, 0.4) is 0 Å². The van der Waals surface area contributed by atoms with Gasteiger partial charge >= 0.3 is 0 Å². The third-order valence-corrected chi connectivity index (χ3v) is 5.76. The Hall–Kier alpha value is -3.10. The number of methoxy groups -OCH3 is 3. The molecule has 0 radical (unpaired) electrons. The van der Waals surface area contributed by atoms with Crippen LogP contribution in [0.25, 0.3) is 0 Å². The Labute approximate surface area is 187 Å². The lowest BCUT2D eigenvalue weighted by Crippen LogP contribution is -2.31. The molecule has 0 saturated carbocycles. The Morgan fingerprint density at radius 1 is 1.06 bits per heavy atom. The fourth-order valence-corrected chi connectivity index (χ4v) is 4.33. The minimum atomic E-state index is -0.143. The van der Waals surface area contributed by atoms with Crippen molar-refractivity contribution in [2.75, 3.05) is 32.8 Å². The van der Waals surface area contributed by atoms with Crippen LogP contribution in [0.1, 0.15) is 23.5 Å². The van der Waals surface area contributed by atoms with Gasteiger partial charge in [-0.2, -0.15) is 0 Å². The molecule has 3 heterocycles. The van der Waals surface area contributed by atoms with E-state index in [9.17, 15) is 0 Å². The SMILES string of the molecule is COCCn1cccc1C1C(c2ccccn2)NC(=S)N1c1cc(OC)ccc1OC. The average Bonchev–Trinajstić information content (AvgIpc) is 3.41. The number of rotatable bonds is 8. The van der Waals surface area contributed by atoms with E-state index in [-0.39, 0.29) is 12.1 Å². The molecule has 1 saturated heterocycles. The van der Waals surface area contributed by atoms with Crippen LogP contribution in [0.5, 0.6) is 11.5 Å². The lowest BCUT2D eigenvalue weighted by atomic mass is 10.0. The van der Waals surface area contributed by atoms with Gasteiger partial charge < -0.3 is 29.0 Å². The summed E-state index contributed by atoms with van der Waals surface area (Å²) in [5, 5.41) is 4.09. The predicted molar refractivity (Wildman–Crippen MR) is 124 cm³/mol. The predicted octanol–water partition coefficient (Wildman–Crippen LogP) is 3.72. The summed E-state index contributed by atoms with van der Waals surface area (Å²) < 4.78 is 18.7. The molecule has 1 aromatic carbocycles. The number of nitrogens with one attached hydrogen (secondary N) is 1. The molecule has 1 aliphatic rings. The number of hydrogen-bond donors (Lipinski definition) is 1. The molecule has 1 fully saturated rings. The van der Waals surface area contributed by atoms with E-state index in [0.29, 0.717) is 17.5 Å². The van der Waals surface area contributed by atoms with E-state index in [1.165, 1.54) is 0 Å². The van der Waals surface area contributed by atoms with Crippen LogP contribution >= 0.6 is 12.2 Å². The summed E-state index contributed by atoms with van der Waals surface area (Å²) in [6, 6.07) is 15.5. The van der Waals surface area contributed by atoms with Gasteiger partial charge in [0, 0.05) is 37.8 Å². The van der Waals surface area contributed by atoms with Gasteiger partial charge in [-0.05, 0) is 48.6 Å². The maximum atomic E-state index is 5.83. The fourth-order valence-electron chi connectivity index (χ4n) is 3.99. The lowest BCUT2D eigenvalue weighted by Gasteiger charge is -2.30. The molecule has 4 rings (SSSR count). The Kier molecular flexibility index (Phi) is 6.39. The monoisotopic (exact) mass is 438 g/mol. The number of aromatic nitrogens is 2. The quantitative estimate of drug-likeness (QED) is 0.538. The van der Waals surface area contributed by atoms with Gasteiger partial charge in [-0.3, -0.25) is 4.98 Å². The summed E-state index contributed by atoms with van der Waals surface area (Å²) in [5.41, 5.74) is 2.85. The second kappa shape index (κ2) is 9.36. The van der Waals surface area contributed by atoms with Gasteiger partial charge in [0.1, 0.15) is 17.5 Å². The average molecular weight is 439 g/mol. The summed E-state index contributed by atoms with van der Waals surface area (Å²) in [6.07, 6.45) is 3.86. The number of pyridine rings is 1. The van der Waals surface area contributed by atoms with E-state index in [4.69, 9.17) is 26.4 Å². The molecule has 1 aliphatic heterocycles. The maximum absolute atomic E-state index is 5.83. The highest BCUT2D eigenvalue weighted by molar-refractivity contribution is 7.80. The van der Waals surface area contributed by atoms with Crippen LogP contribution in [0.4, 0.5) is 5.69 Å². The summed E-state index contributed by atoms with van der Waals surface area (Å²) in [5.74, 6) is 1.44. The maximum Gasteiger partial charge on any atom is 0.174 e. The normalized spacial score (nSPS) is 18.2. The molecule has 7 nitrogen and oxygen atoms in total. The van der Waals surface area contributed by atoms with Gasteiger partial charge in [-0.1, -0.05) is 6.07 Å². The molecule has 8 heteroatoms. The molecule has 2 unspecified atom stereocenters. The molecule has 2 aromatic heterocycles. The van der Waals surface area contributed by atoms with E-state index in [2.05, 4.69) is 32.0 Å². The van der Waals surface area contributed by atoms with Crippen LogP contribution in [0.2, 0.25) is 0 Å². The number of anilines is 1. The van der Waals surface area contributed by atoms with Crippen molar-refractivity contribution in [3.05, 3.63) is 72.3 Å². The Morgan fingerprint density at radius 2 is 1.94 bits per heavy atom. The van der Waals surface area contributed by atoms with Crippen LogP contribution in [-0.4, -0.2) is 42.6 Å².